The van der Waals surface area contributed by atoms with Crippen LogP contribution < -0.4 is 0 Å². The van der Waals surface area contributed by atoms with Crippen LogP contribution in [0.3, 0.4) is 0 Å². The molecule has 1 atom stereocenters. The molecule has 2 aromatic carbocycles. The van der Waals surface area contributed by atoms with Gasteiger partial charge in [-0.1, -0.05) is 24.1 Å². The van der Waals surface area contributed by atoms with Gasteiger partial charge >= 0.3 is 6.18 Å². The fraction of sp³-hybridized carbons (Fsp3) is 0.360. The quantitative estimate of drug-likeness (QED) is 0.333. The van der Waals surface area contributed by atoms with Crippen LogP contribution in [-0.2, 0) is 0 Å². The molecule has 0 saturated carbocycles. The number of rotatable bonds is 2. The highest BCUT2D eigenvalue weighted by Gasteiger charge is 2.25. The van der Waals surface area contributed by atoms with Crippen LogP contribution >= 0.6 is 0 Å². The lowest BCUT2D eigenvalue weighted by Gasteiger charge is -2.25. The van der Waals surface area contributed by atoms with Gasteiger partial charge in [-0.3, -0.25) is 0 Å². The maximum absolute atomic E-state index is 14.8. The van der Waals surface area contributed by atoms with Crippen molar-refractivity contribution in [3.05, 3.63) is 70.1 Å². The van der Waals surface area contributed by atoms with E-state index >= 15 is 0 Å². The maximum Gasteiger partial charge on any atom is 0.458 e. The van der Waals surface area contributed by atoms with E-state index in [1.807, 2.05) is 0 Å². The second-order valence-electron chi connectivity index (χ2n) is 8.07. The zero-order valence-corrected chi connectivity index (χ0v) is 16.7. The molecule has 31 heavy (non-hydrogen) atoms. The van der Waals surface area contributed by atoms with E-state index in [-0.39, 0.29) is 11.3 Å². The van der Waals surface area contributed by atoms with Gasteiger partial charge in [0.15, 0.2) is 5.82 Å². The second kappa shape index (κ2) is 8.45. The largest absolute Gasteiger partial charge is 0.458 e. The number of hydrogen-bond donors (Lipinski definition) is 0. The van der Waals surface area contributed by atoms with E-state index < -0.39 is 34.6 Å². The van der Waals surface area contributed by atoms with E-state index in [0.717, 1.165) is 37.7 Å². The van der Waals surface area contributed by atoms with E-state index in [9.17, 15) is 26.3 Å². The number of allylic oxidation sites excluding steroid dienone is 4. The van der Waals surface area contributed by atoms with Gasteiger partial charge in [0.1, 0.15) is 11.6 Å². The Morgan fingerprint density at radius 1 is 0.871 bits per heavy atom. The zero-order chi connectivity index (χ0) is 22.2. The van der Waals surface area contributed by atoms with Crippen LogP contribution in [0.25, 0.3) is 10.8 Å². The summed E-state index contributed by atoms with van der Waals surface area (Å²) in [6, 6.07) is 3.57. The fourth-order valence-corrected chi connectivity index (χ4v) is 4.48. The van der Waals surface area contributed by atoms with E-state index in [4.69, 9.17) is 0 Å². The summed E-state index contributed by atoms with van der Waals surface area (Å²) < 4.78 is 80.6. The van der Waals surface area contributed by atoms with Crippen LogP contribution in [0.1, 0.15) is 62.0 Å². The third kappa shape index (κ3) is 4.66. The third-order valence-electron chi connectivity index (χ3n) is 6.02. The van der Waals surface area contributed by atoms with E-state index in [0.29, 0.717) is 12.0 Å². The molecule has 0 spiro atoms. The van der Waals surface area contributed by atoms with Gasteiger partial charge < -0.3 is 0 Å². The van der Waals surface area contributed by atoms with Crippen molar-refractivity contribution in [3.63, 3.8) is 0 Å². The summed E-state index contributed by atoms with van der Waals surface area (Å²) in [5.41, 5.74) is 2.28. The van der Waals surface area contributed by atoms with Gasteiger partial charge in [-0.25, -0.2) is 13.2 Å². The summed E-state index contributed by atoms with van der Waals surface area (Å²) in [6.07, 6.45) is 6.51. The number of halogens is 6. The Kier molecular flexibility index (Phi) is 5.88. The Balaban J connectivity index is 1.66. The van der Waals surface area contributed by atoms with Crippen LogP contribution in [0.2, 0.25) is 0 Å². The van der Waals surface area contributed by atoms with Crippen molar-refractivity contribution in [1.29, 1.82) is 0 Å². The molecule has 0 saturated heterocycles. The molecule has 0 nitrogen and oxygen atoms in total. The predicted octanol–water partition coefficient (Wildman–Crippen LogP) is 7.87. The van der Waals surface area contributed by atoms with Crippen LogP contribution in [0.15, 0.2) is 41.5 Å². The molecule has 0 amide bonds. The number of benzene rings is 2. The van der Waals surface area contributed by atoms with Crippen LogP contribution in [0.4, 0.5) is 26.3 Å². The third-order valence-corrected chi connectivity index (χ3v) is 6.02. The van der Waals surface area contributed by atoms with Gasteiger partial charge in [0.2, 0.25) is 0 Å². The second-order valence-corrected chi connectivity index (χ2v) is 8.07. The highest BCUT2D eigenvalue weighted by atomic mass is 19.4. The van der Waals surface area contributed by atoms with Crippen molar-refractivity contribution in [3.8, 4) is 11.8 Å². The monoisotopic (exact) mass is 434 g/mol. The van der Waals surface area contributed by atoms with Crippen LogP contribution in [-0.4, -0.2) is 6.18 Å². The normalized spacial score (nSPS) is 19.5. The molecule has 1 unspecified atom stereocenters. The van der Waals surface area contributed by atoms with Crippen molar-refractivity contribution in [1.82, 2.24) is 0 Å². The zero-order valence-electron chi connectivity index (χ0n) is 16.7. The van der Waals surface area contributed by atoms with Crippen molar-refractivity contribution in [2.24, 2.45) is 0 Å². The van der Waals surface area contributed by atoms with Gasteiger partial charge in [-0.05, 0) is 85.1 Å². The summed E-state index contributed by atoms with van der Waals surface area (Å²) in [5.74, 6) is -1.28. The average Bonchev–Trinajstić information content (AvgIpc) is 2.73. The summed E-state index contributed by atoms with van der Waals surface area (Å²) >= 11 is 0. The van der Waals surface area contributed by atoms with Crippen LogP contribution in [0.5, 0.6) is 0 Å². The molecule has 0 radical (unpaired) electrons. The van der Waals surface area contributed by atoms with Crippen molar-refractivity contribution in [2.75, 3.05) is 0 Å². The Bertz CT molecular complexity index is 1140. The van der Waals surface area contributed by atoms with Crippen molar-refractivity contribution < 1.29 is 26.3 Å². The SMILES string of the molecule is Fc1cc2cc(C3CC=C(C4=CCCCC4)CC3)cc(F)c2c(F)c1C#CC(F)(F)F. The average molecular weight is 434 g/mol. The summed E-state index contributed by atoms with van der Waals surface area (Å²) in [6.45, 7) is 0. The van der Waals surface area contributed by atoms with Gasteiger partial charge in [-0.15, -0.1) is 0 Å². The fourth-order valence-electron chi connectivity index (χ4n) is 4.48. The predicted molar refractivity (Wildman–Crippen MR) is 108 cm³/mol. The highest BCUT2D eigenvalue weighted by molar-refractivity contribution is 5.86. The molecule has 2 aromatic rings. The maximum atomic E-state index is 14.8. The molecule has 6 heteroatoms. The Labute approximate surface area is 176 Å². The molecule has 0 bridgehead atoms. The molecule has 0 aromatic heterocycles. The smallest absolute Gasteiger partial charge is 0.206 e. The lowest BCUT2D eigenvalue weighted by atomic mass is 9.80. The van der Waals surface area contributed by atoms with E-state index in [1.54, 1.807) is 0 Å². The minimum absolute atomic E-state index is 0.0164. The highest BCUT2D eigenvalue weighted by Crippen LogP contribution is 2.39. The molecule has 2 aliphatic rings. The first-order valence-electron chi connectivity index (χ1n) is 10.3. The molecule has 0 N–H and O–H groups in total. The molecule has 4 rings (SSSR count). The molecular weight excluding hydrogens is 414 g/mol. The molecular formula is C25H20F6. The van der Waals surface area contributed by atoms with Gasteiger partial charge in [0, 0.05) is 5.92 Å². The number of alkyl halides is 3. The van der Waals surface area contributed by atoms with Gasteiger partial charge in [-0.2, -0.15) is 13.2 Å². The summed E-state index contributed by atoms with van der Waals surface area (Å²) in [7, 11) is 0. The molecule has 0 aliphatic heterocycles. The molecule has 2 aliphatic carbocycles. The number of fused-ring (bicyclic) bond motifs is 1. The summed E-state index contributed by atoms with van der Waals surface area (Å²) in [4.78, 5) is 0. The molecule has 162 valence electrons. The van der Waals surface area contributed by atoms with E-state index in [2.05, 4.69) is 12.2 Å². The Morgan fingerprint density at radius 3 is 2.29 bits per heavy atom. The van der Waals surface area contributed by atoms with Gasteiger partial charge in [0.25, 0.3) is 0 Å². The topological polar surface area (TPSA) is 0 Å². The van der Waals surface area contributed by atoms with E-state index in [1.165, 1.54) is 42.0 Å². The number of hydrogen-bond acceptors (Lipinski definition) is 0. The van der Waals surface area contributed by atoms with Crippen LogP contribution in [0, 0.1) is 29.3 Å². The standard InChI is InChI=1S/C25H20F6/c26-21-14-19-12-18(17-8-6-16(7-9-17)15-4-2-1-3-5-15)13-22(27)23(19)24(28)20(21)10-11-25(29,30)31/h4,6,12-14,17H,1-3,5,7-9H2. The summed E-state index contributed by atoms with van der Waals surface area (Å²) in [5, 5.41) is -0.566. The first kappa shape index (κ1) is 21.5. The lowest BCUT2D eigenvalue weighted by Crippen LogP contribution is -2.08. The lowest BCUT2D eigenvalue weighted by molar-refractivity contribution is -0.0696. The van der Waals surface area contributed by atoms with Gasteiger partial charge in [0.05, 0.1) is 10.9 Å². The van der Waals surface area contributed by atoms with Crippen molar-refractivity contribution in [2.45, 2.75) is 57.0 Å². The first-order valence-corrected chi connectivity index (χ1v) is 10.3. The Morgan fingerprint density at radius 2 is 1.65 bits per heavy atom. The minimum Gasteiger partial charge on any atom is -0.206 e. The first-order chi connectivity index (χ1) is 14.7. The van der Waals surface area contributed by atoms with Crippen molar-refractivity contribution >= 4 is 10.8 Å². The minimum atomic E-state index is -4.91. The Hall–Kier alpha value is -2.68. The molecule has 0 fully saturated rings. The molecule has 0 heterocycles.